The minimum Gasteiger partial charge on any atom is -0.394 e. The van der Waals surface area contributed by atoms with Crippen LogP contribution in [0.1, 0.15) is 30.0 Å². The highest BCUT2D eigenvalue weighted by molar-refractivity contribution is 7.98. The number of aliphatic hydroxyl groups excluding tert-OH is 1. The molecule has 0 unspecified atom stereocenters. The van der Waals surface area contributed by atoms with E-state index in [9.17, 15) is 0 Å². The molecule has 4 nitrogen and oxygen atoms in total. The van der Waals surface area contributed by atoms with Gasteiger partial charge in [-0.25, -0.2) is 0 Å². The monoisotopic (exact) mass is 331 g/mol. The number of aliphatic hydroxyl groups is 1. The zero-order valence-electron chi connectivity index (χ0n) is 13.7. The highest BCUT2D eigenvalue weighted by Gasteiger charge is 2.23. The van der Waals surface area contributed by atoms with Crippen molar-refractivity contribution in [1.82, 2.24) is 14.7 Å². The van der Waals surface area contributed by atoms with Crippen molar-refractivity contribution in [2.75, 3.05) is 26.0 Å². The van der Waals surface area contributed by atoms with Crippen molar-refractivity contribution in [2.24, 2.45) is 0 Å². The number of nitrogens with zero attached hydrogens (tertiary/aromatic N) is 3. The summed E-state index contributed by atoms with van der Waals surface area (Å²) in [5.74, 6) is 0.569. The topological polar surface area (TPSA) is 41.3 Å². The van der Waals surface area contributed by atoms with Crippen LogP contribution in [0.5, 0.6) is 0 Å². The van der Waals surface area contributed by atoms with Gasteiger partial charge in [0, 0.05) is 29.2 Å². The first-order valence-corrected chi connectivity index (χ1v) is 9.50. The summed E-state index contributed by atoms with van der Waals surface area (Å²) >= 11 is 1.79. The number of hydrogen-bond donors (Lipinski definition) is 1. The molecule has 0 radical (unpaired) electrons. The van der Waals surface area contributed by atoms with Crippen LogP contribution in [0.15, 0.2) is 41.4 Å². The van der Waals surface area contributed by atoms with Crippen LogP contribution >= 0.6 is 11.8 Å². The first kappa shape index (κ1) is 16.6. The van der Waals surface area contributed by atoms with E-state index in [2.05, 4.69) is 46.6 Å². The highest BCUT2D eigenvalue weighted by atomic mass is 32.2. The van der Waals surface area contributed by atoms with Crippen LogP contribution in [0, 0.1) is 0 Å². The molecule has 1 saturated heterocycles. The van der Waals surface area contributed by atoms with Gasteiger partial charge in [-0.2, -0.15) is 5.10 Å². The van der Waals surface area contributed by atoms with Crippen molar-refractivity contribution in [2.45, 2.75) is 36.7 Å². The number of benzene rings is 1. The lowest BCUT2D eigenvalue weighted by Gasteiger charge is -2.32. The van der Waals surface area contributed by atoms with Gasteiger partial charge >= 0.3 is 0 Å². The maximum absolute atomic E-state index is 9.13. The van der Waals surface area contributed by atoms with Crippen LogP contribution in [0.2, 0.25) is 0 Å². The average Bonchev–Trinajstić information content (AvgIpc) is 3.05. The lowest BCUT2D eigenvalue weighted by Crippen LogP contribution is -2.33. The second-order valence-corrected chi connectivity index (χ2v) is 6.98. The van der Waals surface area contributed by atoms with Crippen LogP contribution in [0.3, 0.4) is 0 Å². The smallest absolute Gasteiger partial charge is 0.0644 e. The first-order chi connectivity index (χ1) is 11.3. The second kappa shape index (κ2) is 7.99. The molecule has 0 spiro atoms. The second-order valence-electron chi connectivity index (χ2n) is 6.10. The summed E-state index contributed by atoms with van der Waals surface area (Å²) in [5.41, 5.74) is 2.68. The molecule has 1 aliphatic rings. The summed E-state index contributed by atoms with van der Waals surface area (Å²) < 4.78 is 1.96. The average molecular weight is 331 g/mol. The summed E-state index contributed by atoms with van der Waals surface area (Å²) in [4.78, 5) is 3.86. The SMILES string of the molecule is CSc1ccc(CN2CCC(c3ccnn3CCO)CC2)cc1. The van der Waals surface area contributed by atoms with Crippen molar-refractivity contribution < 1.29 is 5.11 Å². The fourth-order valence-electron chi connectivity index (χ4n) is 3.35. The lowest BCUT2D eigenvalue weighted by atomic mass is 9.93. The molecular weight excluding hydrogens is 306 g/mol. The van der Waals surface area contributed by atoms with Gasteiger partial charge in [-0.1, -0.05) is 12.1 Å². The molecule has 0 aliphatic carbocycles. The molecule has 2 heterocycles. The van der Waals surface area contributed by atoms with E-state index in [0.717, 1.165) is 19.6 Å². The Morgan fingerprint density at radius 3 is 2.57 bits per heavy atom. The molecule has 2 aromatic rings. The third-order valence-electron chi connectivity index (χ3n) is 4.63. The zero-order valence-corrected chi connectivity index (χ0v) is 14.5. The minimum atomic E-state index is 0.152. The van der Waals surface area contributed by atoms with E-state index in [1.54, 1.807) is 11.8 Å². The third-order valence-corrected chi connectivity index (χ3v) is 5.38. The molecule has 0 atom stereocenters. The summed E-state index contributed by atoms with van der Waals surface area (Å²) in [6.45, 7) is 4.04. The van der Waals surface area contributed by atoms with Gasteiger partial charge in [-0.3, -0.25) is 9.58 Å². The van der Waals surface area contributed by atoms with Gasteiger partial charge in [0.15, 0.2) is 0 Å². The maximum Gasteiger partial charge on any atom is 0.0644 e. The fraction of sp³-hybridized carbons (Fsp3) is 0.500. The van der Waals surface area contributed by atoms with E-state index in [-0.39, 0.29) is 6.61 Å². The Labute approximate surface area is 142 Å². The van der Waals surface area contributed by atoms with E-state index in [1.807, 2.05) is 10.9 Å². The van der Waals surface area contributed by atoms with Crippen LogP contribution in [0.25, 0.3) is 0 Å². The van der Waals surface area contributed by atoms with Crippen LogP contribution < -0.4 is 0 Å². The summed E-state index contributed by atoms with van der Waals surface area (Å²) in [6.07, 6.45) is 6.30. The van der Waals surface area contributed by atoms with Crippen molar-refractivity contribution in [3.8, 4) is 0 Å². The van der Waals surface area contributed by atoms with Crippen molar-refractivity contribution in [3.63, 3.8) is 0 Å². The number of thioether (sulfide) groups is 1. The number of piperidine rings is 1. The van der Waals surface area contributed by atoms with Gasteiger partial charge < -0.3 is 5.11 Å². The zero-order chi connectivity index (χ0) is 16.1. The standard InChI is InChI=1S/C18H25N3OS/c1-23-17-4-2-15(3-5-17)14-20-10-7-16(8-11-20)18-6-9-19-21(18)12-13-22/h2-6,9,16,22H,7-8,10-14H2,1H3. The Morgan fingerprint density at radius 2 is 1.91 bits per heavy atom. The lowest BCUT2D eigenvalue weighted by molar-refractivity contribution is 0.199. The first-order valence-electron chi connectivity index (χ1n) is 8.28. The highest BCUT2D eigenvalue weighted by Crippen LogP contribution is 2.28. The van der Waals surface area contributed by atoms with Gasteiger partial charge in [-0.05, 0) is 55.9 Å². The van der Waals surface area contributed by atoms with Crippen LogP contribution in [0.4, 0.5) is 0 Å². The van der Waals surface area contributed by atoms with E-state index >= 15 is 0 Å². The van der Waals surface area contributed by atoms with E-state index in [0.29, 0.717) is 12.5 Å². The van der Waals surface area contributed by atoms with Gasteiger partial charge in [0.05, 0.1) is 13.2 Å². The van der Waals surface area contributed by atoms with E-state index < -0.39 is 0 Å². The molecule has 5 heteroatoms. The fourth-order valence-corrected chi connectivity index (χ4v) is 3.76. The Morgan fingerprint density at radius 1 is 1.17 bits per heavy atom. The van der Waals surface area contributed by atoms with Crippen molar-refractivity contribution in [3.05, 3.63) is 47.8 Å². The molecule has 1 aromatic carbocycles. The number of likely N-dealkylation sites (tertiary alicyclic amines) is 1. The predicted molar refractivity (Wildman–Crippen MR) is 94.8 cm³/mol. The Bertz CT molecular complexity index is 603. The predicted octanol–water partition coefficient (Wildman–Crippen LogP) is 2.98. The van der Waals surface area contributed by atoms with E-state index in [1.165, 1.54) is 29.0 Å². The maximum atomic E-state index is 9.13. The summed E-state index contributed by atoms with van der Waals surface area (Å²) in [5, 5.41) is 13.5. The largest absolute Gasteiger partial charge is 0.394 e. The number of hydrogen-bond acceptors (Lipinski definition) is 4. The molecule has 1 fully saturated rings. The summed E-state index contributed by atoms with van der Waals surface area (Å²) in [6, 6.07) is 11.0. The molecule has 1 aliphatic heterocycles. The molecule has 0 amide bonds. The van der Waals surface area contributed by atoms with Gasteiger partial charge in [0.2, 0.25) is 0 Å². The molecule has 0 saturated carbocycles. The Kier molecular flexibility index (Phi) is 5.75. The molecule has 3 rings (SSSR count). The Balaban J connectivity index is 1.54. The van der Waals surface area contributed by atoms with Gasteiger partial charge in [-0.15, -0.1) is 11.8 Å². The third kappa shape index (κ3) is 4.16. The van der Waals surface area contributed by atoms with Gasteiger partial charge in [0.25, 0.3) is 0 Å². The Hall–Kier alpha value is -1.30. The summed E-state index contributed by atoms with van der Waals surface area (Å²) in [7, 11) is 0. The number of rotatable bonds is 6. The van der Waals surface area contributed by atoms with Crippen LogP contribution in [-0.4, -0.2) is 45.7 Å². The molecule has 1 aromatic heterocycles. The van der Waals surface area contributed by atoms with Crippen molar-refractivity contribution in [1.29, 1.82) is 0 Å². The molecule has 23 heavy (non-hydrogen) atoms. The van der Waals surface area contributed by atoms with Crippen LogP contribution in [-0.2, 0) is 13.1 Å². The molecule has 124 valence electrons. The van der Waals surface area contributed by atoms with Crippen molar-refractivity contribution >= 4 is 11.8 Å². The van der Waals surface area contributed by atoms with Gasteiger partial charge in [0.1, 0.15) is 0 Å². The molecular formula is C18H25N3OS. The van der Waals surface area contributed by atoms with E-state index in [4.69, 9.17) is 5.11 Å². The normalized spacial score (nSPS) is 16.8. The molecule has 1 N–H and O–H groups in total. The molecule has 0 bridgehead atoms. The number of aromatic nitrogens is 2. The minimum absolute atomic E-state index is 0.152. The quantitative estimate of drug-likeness (QED) is 0.826.